The van der Waals surface area contributed by atoms with Crippen LogP contribution < -0.4 is 4.72 Å². The van der Waals surface area contributed by atoms with Crippen molar-refractivity contribution < 1.29 is 22.8 Å². The molecule has 2 heterocycles. The van der Waals surface area contributed by atoms with Gasteiger partial charge in [-0.1, -0.05) is 81.3 Å². The summed E-state index contributed by atoms with van der Waals surface area (Å²) >= 11 is 0. The van der Waals surface area contributed by atoms with E-state index >= 15 is 0 Å². The Labute approximate surface area is 336 Å². The van der Waals surface area contributed by atoms with Gasteiger partial charge in [0.15, 0.2) is 5.69 Å². The number of carbonyl (C=O) groups excluding carboxylic acids is 3. The van der Waals surface area contributed by atoms with Crippen molar-refractivity contribution in [3.05, 3.63) is 124 Å². The SMILES string of the molecule is CCCCN(CCCC)C(=O)c1nn(-c2ccc(C(=O)NS(=O)(=O)c3ccc4ccccc4c3)cc2C(=O)N2CCc3ccccc3C2)c(C)c1CCCN(C)C. The Hall–Kier alpha value is -5.33. The number of benzene rings is 4. The summed E-state index contributed by atoms with van der Waals surface area (Å²) in [5.74, 6) is -1.32. The molecule has 11 nitrogen and oxygen atoms in total. The first-order valence-corrected chi connectivity index (χ1v) is 21.5. The van der Waals surface area contributed by atoms with Gasteiger partial charge in [-0.2, -0.15) is 5.10 Å². The fourth-order valence-electron chi connectivity index (χ4n) is 7.42. The molecule has 0 radical (unpaired) electrons. The van der Waals surface area contributed by atoms with Gasteiger partial charge in [0.05, 0.1) is 16.1 Å². The summed E-state index contributed by atoms with van der Waals surface area (Å²) in [6.45, 7) is 9.05. The highest BCUT2D eigenvalue weighted by Gasteiger charge is 2.30. The molecule has 1 aliphatic rings. The second-order valence-corrected chi connectivity index (χ2v) is 16.8. The number of hydrogen-bond donors (Lipinski definition) is 1. The van der Waals surface area contributed by atoms with Crippen molar-refractivity contribution >= 4 is 38.5 Å². The molecule has 0 saturated heterocycles. The van der Waals surface area contributed by atoms with E-state index in [1.165, 1.54) is 29.8 Å². The second-order valence-electron chi connectivity index (χ2n) is 15.2. The van der Waals surface area contributed by atoms with Crippen LogP contribution in [0.3, 0.4) is 0 Å². The first kappa shape index (κ1) is 41.3. The third-order valence-corrected chi connectivity index (χ3v) is 12.0. The van der Waals surface area contributed by atoms with Crippen LogP contribution in [0.2, 0.25) is 0 Å². The van der Waals surface area contributed by atoms with Crippen LogP contribution >= 0.6 is 0 Å². The van der Waals surface area contributed by atoms with Gasteiger partial charge in [0.25, 0.3) is 27.7 Å². The van der Waals surface area contributed by atoms with Crippen LogP contribution in [-0.2, 0) is 29.4 Å². The molecule has 0 atom stereocenters. The maximum atomic E-state index is 14.7. The number of fused-ring (bicyclic) bond motifs is 2. The Morgan fingerprint density at radius 3 is 2.19 bits per heavy atom. The molecule has 1 aromatic heterocycles. The van der Waals surface area contributed by atoms with Crippen molar-refractivity contribution in [1.29, 1.82) is 0 Å². The third kappa shape index (κ3) is 9.45. The zero-order chi connectivity index (χ0) is 40.7. The molecule has 6 rings (SSSR count). The van der Waals surface area contributed by atoms with Crippen molar-refractivity contribution in [2.24, 2.45) is 0 Å². The van der Waals surface area contributed by atoms with Gasteiger partial charge in [0.1, 0.15) is 0 Å². The Morgan fingerprint density at radius 2 is 1.49 bits per heavy atom. The molecule has 1 N–H and O–H groups in total. The topological polar surface area (TPSA) is 125 Å². The molecule has 1 aliphatic heterocycles. The normalized spacial score (nSPS) is 12.8. The van der Waals surface area contributed by atoms with Crippen molar-refractivity contribution in [3.8, 4) is 5.69 Å². The molecule has 0 spiro atoms. The zero-order valence-electron chi connectivity index (χ0n) is 33.8. The van der Waals surface area contributed by atoms with E-state index in [0.29, 0.717) is 50.4 Å². The number of nitrogens with zero attached hydrogens (tertiary/aromatic N) is 5. The summed E-state index contributed by atoms with van der Waals surface area (Å²) in [5, 5.41) is 6.58. The molecule has 57 heavy (non-hydrogen) atoms. The zero-order valence-corrected chi connectivity index (χ0v) is 34.6. The Balaban J connectivity index is 1.42. The molecule has 0 unspecified atom stereocenters. The van der Waals surface area contributed by atoms with Gasteiger partial charge < -0.3 is 14.7 Å². The Kier molecular flexibility index (Phi) is 13.3. The van der Waals surface area contributed by atoms with Crippen LogP contribution in [0.1, 0.15) is 99.5 Å². The maximum absolute atomic E-state index is 14.7. The first-order valence-electron chi connectivity index (χ1n) is 20.0. The fraction of sp³-hybridized carbons (Fsp3) is 0.378. The number of aromatic nitrogens is 2. The molecule has 0 aliphatic carbocycles. The molecule has 0 bridgehead atoms. The number of hydrogen-bond acceptors (Lipinski definition) is 7. The quantitative estimate of drug-likeness (QED) is 0.112. The van der Waals surface area contributed by atoms with Crippen LogP contribution in [0.25, 0.3) is 16.5 Å². The molecule has 300 valence electrons. The summed E-state index contributed by atoms with van der Waals surface area (Å²) in [7, 11) is -0.232. The average Bonchev–Trinajstić information content (AvgIpc) is 3.54. The predicted octanol–water partition coefficient (Wildman–Crippen LogP) is 7.19. The van der Waals surface area contributed by atoms with Crippen LogP contribution in [0, 0.1) is 6.92 Å². The van der Waals surface area contributed by atoms with Gasteiger partial charge in [-0.3, -0.25) is 14.4 Å². The second kappa shape index (κ2) is 18.3. The molecule has 3 amide bonds. The average molecular weight is 791 g/mol. The number of amides is 3. The lowest BCUT2D eigenvalue weighted by Gasteiger charge is -2.29. The van der Waals surface area contributed by atoms with Gasteiger partial charge in [0.2, 0.25) is 0 Å². The number of sulfonamides is 1. The highest BCUT2D eigenvalue weighted by Crippen LogP contribution is 2.28. The minimum atomic E-state index is -4.26. The van der Waals surface area contributed by atoms with Crippen LogP contribution in [-0.4, -0.2) is 90.9 Å². The Morgan fingerprint density at radius 1 is 0.807 bits per heavy atom. The van der Waals surface area contributed by atoms with Crippen molar-refractivity contribution in [2.45, 2.75) is 77.2 Å². The van der Waals surface area contributed by atoms with E-state index in [4.69, 9.17) is 5.10 Å². The fourth-order valence-corrected chi connectivity index (χ4v) is 8.43. The minimum Gasteiger partial charge on any atom is -0.337 e. The number of carbonyl (C=O) groups is 3. The van der Waals surface area contributed by atoms with Crippen LogP contribution in [0.15, 0.2) is 89.8 Å². The summed E-state index contributed by atoms with van der Waals surface area (Å²) in [6, 6.07) is 24.7. The summed E-state index contributed by atoms with van der Waals surface area (Å²) < 4.78 is 31.0. The molecular weight excluding hydrogens is 737 g/mol. The lowest BCUT2D eigenvalue weighted by atomic mass is 9.98. The summed E-state index contributed by atoms with van der Waals surface area (Å²) in [4.78, 5) is 48.6. The summed E-state index contributed by atoms with van der Waals surface area (Å²) in [6.07, 6.45) is 5.74. The van der Waals surface area contributed by atoms with Crippen molar-refractivity contribution in [1.82, 2.24) is 29.2 Å². The lowest BCUT2D eigenvalue weighted by Crippen LogP contribution is -2.37. The van der Waals surface area contributed by atoms with Crippen LogP contribution in [0.4, 0.5) is 0 Å². The molecule has 4 aromatic carbocycles. The molecule has 5 aromatic rings. The standard InChI is InChI=1S/C45H54N6O5S/c1-6-8-26-49(27-9-7-2)45(54)42-39(19-14-25-48(4)5)32(3)51(46-42)41-23-21-36(30-40(41)44(53)50-28-24-34-16-11-13-18-37(34)31-50)43(52)47-57(55,56)38-22-20-33-15-10-12-17-35(33)29-38/h10-13,15-18,20-23,29-30H,6-9,14,19,24-28,31H2,1-5H3,(H,47,52). The maximum Gasteiger partial charge on any atom is 0.274 e. The van der Waals surface area contributed by atoms with Crippen molar-refractivity contribution in [2.75, 3.05) is 40.3 Å². The summed E-state index contributed by atoms with van der Waals surface area (Å²) in [5.41, 5.74) is 4.74. The lowest BCUT2D eigenvalue weighted by molar-refractivity contribution is 0.0732. The van der Waals surface area contributed by atoms with E-state index in [2.05, 4.69) is 29.5 Å². The van der Waals surface area contributed by atoms with E-state index in [-0.39, 0.29) is 27.8 Å². The van der Waals surface area contributed by atoms with Gasteiger partial charge >= 0.3 is 0 Å². The van der Waals surface area contributed by atoms with E-state index < -0.39 is 15.9 Å². The highest BCUT2D eigenvalue weighted by atomic mass is 32.2. The van der Waals surface area contributed by atoms with Gasteiger partial charge in [-0.25, -0.2) is 17.8 Å². The monoisotopic (exact) mass is 790 g/mol. The van der Waals surface area contributed by atoms with E-state index in [0.717, 1.165) is 66.2 Å². The molecule has 0 saturated carbocycles. The third-order valence-electron chi connectivity index (χ3n) is 10.7. The van der Waals surface area contributed by atoms with Gasteiger partial charge in [0, 0.05) is 43.0 Å². The minimum absolute atomic E-state index is 0.00138. The smallest absolute Gasteiger partial charge is 0.274 e. The molecular formula is C45H54N6O5S. The Bertz CT molecular complexity index is 2360. The molecule has 0 fully saturated rings. The van der Waals surface area contributed by atoms with E-state index in [1.54, 1.807) is 21.7 Å². The first-order chi connectivity index (χ1) is 27.4. The predicted molar refractivity (Wildman–Crippen MR) is 224 cm³/mol. The van der Waals surface area contributed by atoms with Gasteiger partial charge in [-0.05, 0) is 112 Å². The van der Waals surface area contributed by atoms with Gasteiger partial charge in [-0.15, -0.1) is 0 Å². The van der Waals surface area contributed by atoms with Crippen LogP contribution in [0.5, 0.6) is 0 Å². The highest BCUT2D eigenvalue weighted by molar-refractivity contribution is 7.90. The van der Waals surface area contributed by atoms with Crippen molar-refractivity contribution in [3.63, 3.8) is 0 Å². The van der Waals surface area contributed by atoms with E-state index in [9.17, 15) is 22.8 Å². The number of unbranched alkanes of at least 4 members (excludes halogenated alkanes) is 2. The molecule has 12 heteroatoms. The van der Waals surface area contributed by atoms with E-state index in [1.807, 2.05) is 68.4 Å². The number of rotatable bonds is 16. The largest absolute Gasteiger partial charge is 0.337 e. The number of nitrogens with one attached hydrogen (secondary N) is 1.